The van der Waals surface area contributed by atoms with Gasteiger partial charge in [0.25, 0.3) is 0 Å². The van der Waals surface area contributed by atoms with E-state index in [2.05, 4.69) is 215 Å². The quantitative estimate of drug-likeness (QED) is 0.147. The Hall–Kier alpha value is -11.8. The van der Waals surface area contributed by atoms with Gasteiger partial charge in [0, 0.05) is 72.0 Å². The molecule has 0 bridgehead atoms. The summed E-state index contributed by atoms with van der Waals surface area (Å²) in [5.74, 6) is 0. The molecule has 7 nitrogen and oxygen atoms in total. The molecule has 1 aliphatic heterocycles. The lowest BCUT2D eigenvalue weighted by Crippen LogP contribution is -2.72. The smallest absolute Gasteiger partial charge is 0.180 e. The first kappa shape index (κ1) is 48.2. The first-order valence-electron chi connectivity index (χ1n) is 27.8. The molecule has 8 heteroatoms. The molecule has 12 aromatic carbocycles. The van der Waals surface area contributed by atoms with Gasteiger partial charge in [-0.05, 0) is 116 Å². The number of para-hydroxylation sites is 3. The zero-order chi connectivity index (χ0) is 56.2. The summed E-state index contributed by atoms with van der Waals surface area (Å²) in [6.45, 7) is 0. The maximum atomic E-state index is 10.7. The molecule has 3 aromatic heterocycles. The van der Waals surface area contributed by atoms with Crippen molar-refractivity contribution in [2.45, 2.75) is 0 Å². The second-order valence-corrected chi connectivity index (χ2v) is 25.2. The minimum Gasteiger partial charge on any atom is -0.456 e. The van der Waals surface area contributed by atoms with Crippen molar-refractivity contribution in [3.63, 3.8) is 0 Å². The van der Waals surface area contributed by atoms with E-state index in [1.54, 1.807) is 36.4 Å². The van der Waals surface area contributed by atoms with E-state index in [4.69, 9.17) is 4.42 Å². The summed E-state index contributed by atoms with van der Waals surface area (Å²) in [5.41, 5.74) is 15.9. The average molecular weight is 1080 g/mol. The van der Waals surface area contributed by atoms with Crippen LogP contribution in [-0.2, 0) is 0 Å². The number of hydrogen-bond donors (Lipinski definition) is 0. The molecule has 16 rings (SSSR count). The van der Waals surface area contributed by atoms with Crippen molar-refractivity contribution in [3.05, 3.63) is 277 Å². The summed E-state index contributed by atoms with van der Waals surface area (Å²) in [5, 5.41) is 53.5. The molecular weight excluding hydrogens is 1040 g/mol. The van der Waals surface area contributed by atoms with Gasteiger partial charge in [-0.25, -0.2) is 0 Å². The Labute approximate surface area is 483 Å². The summed E-state index contributed by atoms with van der Waals surface area (Å²) < 4.78 is 11.5. The number of hydrogen-bond acceptors (Lipinski definition) is 5. The number of rotatable bonds is 7. The number of fused-ring (bicyclic) bond motifs is 12. The minimum atomic E-state index is -2.79. The van der Waals surface area contributed by atoms with Crippen LogP contribution in [-0.4, -0.2) is 17.2 Å². The molecule has 0 atom stereocenters. The molecule has 0 amide bonds. The number of nitriles is 4. The number of benzene rings is 12. The van der Waals surface area contributed by atoms with Gasteiger partial charge in [-0.1, -0.05) is 176 Å². The van der Waals surface area contributed by atoms with Crippen molar-refractivity contribution in [2.24, 2.45) is 0 Å². The van der Waals surface area contributed by atoms with Gasteiger partial charge in [0.15, 0.2) is 8.07 Å². The topological polar surface area (TPSA) is 118 Å². The Morgan fingerprint density at radius 3 is 1.45 bits per heavy atom. The molecule has 0 unspecified atom stereocenters. The Kier molecular flexibility index (Phi) is 10.7. The third-order valence-electron chi connectivity index (χ3n) is 17.4. The molecule has 386 valence electrons. The van der Waals surface area contributed by atoms with Crippen LogP contribution in [0.5, 0.6) is 0 Å². The van der Waals surface area contributed by atoms with Gasteiger partial charge >= 0.3 is 0 Å². The van der Waals surface area contributed by atoms with Crippen LogP contribution in [0.2, 0.25) is 0 Å². The van der Waals surface area contributed by atoms with Crippen LogP contribution in [0, 0.1) is 45.3 Å². The van der Waals surface area contributed by atoms with Crippen molar-refractivity contribution in [2.75, 3.05) is 0 Å². The fraction of sp³-hybridized carbons (Fsp3) is 0. The summed E-state index contributed by atoms with van der Waals surface area (Å²) in [6.07, 6.45) is 0. The molecule has 4 heterocycles. The van der Waals surface area contributed by atoms with E-state index in [-0.39, 0.29) is 0 Å². The Morgan fingerprint density at radius 1 is 0.321 bits per heavy atom. The van der Waals surface area contributed by atoms with E-state index in [0.29, 0.717) is 39.0 Å². The predicted octanol–water partition coefficient (Wildman–Crippen LogP) is 15.6. The van der Waals surface area contributed by atoms with E-state index in [1.807, 2.05) is 36.4 Å². The van der Waals surface area contributed by atoms with Crippen molar-refractivity contribution in [3.8, 4) is 80.2 Å². The fourth-order valence-electron chi connectivity index (χ4n) is 14.0. The van der Waals surface area contributed by atoms with Gasteiger partial charge in [-0.3, -0.25) is 0 Å². The molecule has 0 spiro atoms. The van der Waals surface area contributed by atoms with Crippen LogP contribution in [0.15, 0.2) is 259 Å². The molecule has 1 aliphatic rings. The van der Waals surface area contributed by atoms with Crippen molar-refractivity contribution in [1.82, 2.24) is 9.13 Å². The average Bonchev–Trinajstić information content (AvgIpc) is 1.89. The van der Waals surface area contributed by atoms with Crippen molar-refractivity contribution in [1.29, 1.82) is 21.0 Å². The van der Waals surface area contributed by atoms with Crippen LogP contribution in [0.25, 0.3) is 121 Å². The van der Waals surface area contributed by atoms with Crippen LogP contribution in [0.3, 0.4) is 0 Å². The maximum Gasteiger partial charge on any atom is 0.180 e. The van der Waals surface area contributed by atoms with E-state index >= 15 is 0 Å². The molecule has 15 aromatic rings. The second-order valence-electron chi connectivity index (χ2n) is 21.4. The third-order valence-corrected chi connectivity index (χ3v) is 22.3. The highest BCUT2D eigenvalue weighted by molar-refractivity contribution is 7.22. The Balaban J connectivity index is 0.911. The maximum absolute atomic E-state index is 10.7. The summed E-state index contributed by atoms with van der Waals surface area (Å²) in [6, 6.07) is 98.1. The molecule has 0 fully saturated rings. The van der Waals surface area contributed by atoms with Crippen molar-refractivity contribution < 1.29 is 4.42 Å². The van der Waals surface area contributed by atoms with Crippen molar-refractivity contribution >= 4 is 94.4 Å². The molecule has 0 radical (unpaired) electrons. The van der Waals surface area contributed by atoms with Gasteiger partial charge in [-0.2, -0.15) is 21.0 Å². The van der Waals surface area contributed by atoms with Gasteiger partial charge in [0.05, 0.1) is 68.6 Å². The van der Waals surface area contributed by atoms with Crippen LogP contribution in [0.4, 0.5) is 0 Å². The summed E-state index contributed by atoms with van der Waals surface area (Å²) in [4.78, 5) is 0. The van der Waals surface area contributed by atoms with Gasteiger partial charge in [-0.15, -0.1) is 0 Å². The van der Waals surface area contributed by atoms with Crippen LogP contribution < -0.4 is 20.7 Å². The lowest BCUT2D eigenvalue weighted by Gasteiger charge is -2.31. The number of aromatic nitrogens is 2. The minimum absolute atomic E-state index is 0.428. The molecule has 0 saturated carbocycles. The summed E-state index contributed by atoms with van der Waals surface area (Å²) >= 11 is 0. The highest BCUT2D eigenvalue weighted by atomic mass is 28.3. The van der Waals surface area contributed by atoms with Gasteiger partial charge in [0.1, 0.15) is 11.2 Å². The SMILES string of the molecule is N#Cc1cccc(C#N)c1-c1cccc2c3ccccc3n(-c3ccc4c(c3)oc3cc(-c5cccc6c5c5cccc(-c7c(C#N)cccc7C#N)c5n6-c5ccc6c(c5)-c5ccccc5[Si]6(c5ccccc5)c5ccccc5)ccc34)c12. The fourth-order valence-corrected chi connectivity index (χ4v) is 19.2. The zero-order valence-corrected chi connectivity index (χ0v) is 45.8. The lowest BCUT2D eigenvalue weighted by atomic mass is 9.92. The standard InChI is InChI=1S/C76H42N6OSi/c77-43-48-16-11-17-49(44-78)72(48)62-28-13-27-61-57-24-7-9-31-66(57)81(75(61)62)53-35-38-59-58-37-34-47(40-68(58)83-69(59)42-53)56-26-15-32-67-74(56)64-30-14-29-63(73-50(45-79)18-12-19-51(73)46-80)76(64)82(67)52-36-39-71-65(41-52)60-25-8-10-33-70(60)84(71,54-20-3-1-4-21-54)55-22-5-2-6-23-55/h1-42H. The largest absolute Gasteiger partial charge is 0.456 e. The highest BCUT2D eigenvalue weighted by Gasteiger charge is 2.48. The highest BCUT2D eigenvalue weighted by Crippen LogP contribution is 2.46. The van der Waals surface area contributed by atoms with Crippen LogP contribution >= 0.6 is 0 Å². The van der Waals surface area contributed by atoms with Gasteiger partial charge in [0.2, 0.25) is 0 Å². The second kappa shape index (κ2) is 18.6. The van der Waals surface area contributed by atoms with E-state index in [0.717, 1.165) is 93.6 Å². The Morgan fingerprint density at radius 2 is 0.786 bits per heavy atom. The van der Waals surface area contributed by atoms with Crippen LogP contribution in [0.1, 0.15) is 22.3 Å². The van der Waals surface area contributed by atoms with E-state index < -0.39 is 8.07 Å². The molecular formula is C76H42N6OSi. The zero-order valence-electron chi connectivity index (χ0n) is 44.8. The summed E-state index contributed by atoms with van der Waals surface area (Å²) in [7, 11) is -2.79. The molecule has 0 N–H and O–H groups in total. The number of nitrogens with zero attached hydrogens (tertiary/aromatic N) is 6. The van der Waals surface area contributed by atoms with Gasteiger partial charge < -0.3 is 13.6 Å². The predicted molar refractivity (Wildman–Crippen MR) is 340 cm³/mol. The van der Waals surface area contributed by atoms with E-state index in [1.165, 1.54) is 31.9 Å². The molecule has 0 saturated heterocycles. The first-order chi connectivity index (χ1) is 41.5. The first-order valence-corrected chi connectivity index (χ1v) is 29.8. The molecule has 0 aliphatic carbocycles. The molecule has 84 heavy (non-hydrogen) atoms. The monoisotopic (exact) mass is 1080 g/mol. The lowest BCUT2D eigenvalue weighted by molar-refractivity contribution is 0.669. The number of furan rings is 1. The van der Waals surface area contributed by atoms with E-state index in [9.17, 15) is 21.0 Å². The Bertz CT molecular complexity index is 5400. The normalized spacial score (nSPS) is 12.3. The third kappa shape index (κ3) is 6.75.